The molecule has 0 saturated heterocycles. The highest BCUT2D eigenvalue weighted by molar-refractivity contribution is 5.97. The number of benzene rings is 2. The lowest BCUT2D eigenvalue weighted by molar-refractivity contribution is 0.468. The maximum absolute atomic E-state index is 6.04. The first-order valence-electron chi connectivity index (χ1n) is 8.22. The van der Waals surface area contributed by atoms with E-state index < -0.39 is 0 Å². The summed E-state index contributed by atoms with van der Waals surface area (Å²) in [6.07, 6.45) is 9.00. The van der Waals surface area contributed by atoms with E-state index in [9.17, 15) is 0 Å². The van der Waals surface area contributed by atoms with E-state index in [0.717, 1.165) is 16.5 Å². The Hall–Kier alpha value is -3.60. The molecule has 0 aliphatic rings. The molecule has 26 heavy (non-hydrogen) atoms. The van der Waals surface area contributed by atoms with Crippen molar-refractivity contribution in [1.82, 2.24) is 9.97 Å². The van der Waals surface area contributed by atoms with Crippen LogP contribution in [0.3, 0.4) is 0 Å². The molecule has 0 aliphatic carbocycles. The quantitative estimate of drug-likeness (QED) is 0.483. The van der Waals surface area contributed by atoms with Crippen LogP contribution in [0.2, 0.25) is 0 Å². The first-order valence-corrected chi connectivity index (χ1v) is 8.22. The average Bonchev–Trinajstić information content (AvgIpc) is 2.68. The third kappa shape index (κ3) is 3.89. The minimum atomic E-state index is 0.445. The van der Waals surface area contributed by atoms with Gasteiger partial charge in [0.05, 0.1) is 0 Å². The van der Waals surface area contributed by atoms with Crippen LogP contribution < -0.4 is 15.8 Å². The minimum Gasteiger partial charge on any atom is -0.438 e. The van der Waals surface area contributed by atoms with Crippen LogP contribution in [0.1, 0.15) is 6.92 Å². The van der Waals surface area contributed by atoms with Crippen molar-refractivity contribution < 1.29 is 4.74 Å². The smallest absolute Gasteiger partial charge is 0.230 e. The van der Waals surface area contributed by atoms with Crippen molar-refractivity contribution in [2.24, 2.45) is 0 Å². The van der Waals surface area contributed by atoms with Crippen molar-refractivity contribution in [3.8, 4) is 11.6 Å². The van der Waals surface area contributed by atoms with Gasteiger partial charge in [0.25, 0.3) is 0 Å². The average molecular weight is 344 g/mol. The third-order valence-corrected chi connectivity index (χ3v) is 3.74. The van der Waals surface area contributed by atoms with Crippen LogP contribution in [0.25, 0.3) is 10.8 Å². The van der Waals surface area contributed by atoms with E-state index in [0.29, 0.717) is 23.3 Å². The van der Waals surface area contributed by atoms with Gasteiger partial charge in [0.15, 0.2) is 0 Å². The molecule has 1 heterocycles. The Kier molecular flexibility index (Phi) is 5.29. The summed E-state index contributed by atoms with van der Waals surface area (Å²) < 4.78 is 5.98. The molecule has 2 aromatic carbocycles. The minimum absolute atomic E-state index is 0.445. The molecule has 0 radical (unpaired) electrons. The summed E-state index contributed by atoms with van der Waals surface area (Å²) in [7, 11) is 0. The maximum atomic E-state index is 6.04. The lowest BCUT2D eigenvalue weighted by Gasteiger charge is -2.11. The fraction of sp³-hybridized carbons (Fsp3) is 0.0476. The van der Waals surface area contributed by atoms with Crippen LogP contribution in [0.15, 0.2) is 85.2 Å². The first kappa shape index (κ1) is 17.2. The SMILES string of the molecule is C=C/C=C\C(=C/C)Nc1nccc(Oc2ccc(N)c3ccccc23)n1. The molecule has 130 valence electrons. The number of hydrogen-bond donors (Lipinski definition) is 2. The molecule has 0 bridgehead atoms. The van der Waals surface area contributed by atoms with Gasteiger partial charge >= 0.3 is 0 Å². The maximum Gasteiger partial charge on any atom is 0.230 e. The van der Waals surface area contributed by atoms with E-state index in [1.807, 2.05) is 61.5 Å². The monoisotopic (exact) mass is 344 g/mol. The fourth-order valence-electron chi connectivity index (χ4n) is 2.47. The van der Waals surface area contributed by atoms with Crippen molar-refractivity contribution in [1.29, 1.82) is 0 Å². The van der Waals surface area contributed by atoms with Gasteiger partial charge in [0.1, 0.15) is 5.75 Å². The normalized spacial score (nSPS) is 11.7. The molecule has 3 aromatic rings. The number of nitrogen functional groups attached to an aromatic ring is 1. The number of ether oxygens (including phenoxy) is 1. The molecule has 0 spiro atoms. The Morgan fingerprint density at radius 1 is 1.15 bits per heavy atom. The van der Waals surface area contributed by atoms with E-state index in [1.165, 1.54) is 0 Å². The topological polar surface area (TPSA) is 73.1 Å². The van der Waals surface area contributed by atoms with E-state index in [-0.39, 0.29) is 0 Å². The number of aromatic nitrogens is 2. The third-order valence-electron chi connectivity index (χ3n) is 3.74. The summed E-state index contributed by atoms with van der Waals surface area (Å²) in [6.45, 7) is 5.59. The van der Waals surface area contributed by atoms with Crippen LogP contribution in [-0.2, 0) is 0 Å². The van der Waals surface area contributed by atoms with Gasteiger partial charge in [-0.3, -0.25) is 0 Å². The lowest BCUT2D eigenvalue weighted by atomic mass is 10.1. The van der Waals surface area contributed by atoms with Crippen LogP contribution >= 0.6 is 0 Å². The molecule has 0 saturated carbocycles. The first-order chi connectivity index (χ1) is 12.7. The summed E-state index contributed by atoms with van der Waals surface area (Å²) in [5, 5.41) is 5.02. The Morgan fingerprint density at radius 2 is 1.96 bits per heavy atom. The Labute approximate surface area is 152 Å². The number of rotatable bonds is 6. The molecule has 1 aromatic heterocycles. The van der Waals surface area contributed by atoms with Crippen molar-refractivity contribution in [2.75, 3.05) is 11.1 Å². The van der Waals surface area contributed by atoms with Gasteiger partial charge in [-0.15, -0.1) is 0 Å². The van der Waals surface area contributed by atoms with Gasteiger partial charge < -0.3 is 15.8 Å². The number of nitrogens with one attached hydrogen (secondary N) is 1. The van der Waals surface area contributed by atoms with Crippen LogP contribution in [-0.4, -0.2) is 9.97 Å². The molecular formula is C21H20N4O. The Bertz CT molecular complexity index is 992. The molecule has 3 rings (SSSR count). The number of nitrogens with two attached hydrogens (primary N) is 1. The number of hydrogen-bond acceptors (Lipinski definition) is 5. The van der Waals surface area contributed by atoms with Crippen molar-refractivity contribution in [3.63, 3.8) is 0 Å². The second kappa shape index (κ2) is 7.98. The van der Waals surface area contributed by atoms with E-state index in [4.69, 9.17) is 10.5 Å². The molecular weight excluding hydrogens is 324 g/mol. The summed E-state index contributed by atoms with van der Waals surface area (Å²) >= 11 is 0. The highest BCUT2D eigenvalue weighted by atomic mass is 16.5. The van der Waals surface area contributed by atoms with E-state index in [2.05, 4.69) is 21.9 Å². The largest absolute Gasteiger partial charge is 0.438 e. The molecule has 0 aliphatic heterocycles. The van der Waals surface area contributed by atoms with Crippen LogP contribution in [0.4, 0.5) is 11.6 Å². The standard InChI is InChI=1S/C21H20N4O/c1-3-5-8-15(4-2)24-21-23-14-13-20(25-21)26-19-12-11-18(22)16-9-6-7-10-17(16)19/h3-14H,1,22H2,2H3,(H,23,24,25)/b8-5-,15-4+. The second-order valence-electron chi connectivity index (χ2n) is 5.48. The van der Waals surface area contributed by atoms with Gasteiger partial charge in [0.2, 0.25) is 11.8 Å². The molecule has 3 N–H and O–H groups in total. The van der Waals surface area contributed by atoms with Gasteiger partial charge in [-0.1, -0.05) is 49.1 Å². The predicted octanol–water partition coefficient (Wildman–Crippen LogP) is 5.06. The molecule has 0 unspecified atom stereocenters. The van der Waals surface area contributed by atoms with Crippen LogP contribution in [0, 0.1) is 0 Å². The van der Waals surface area contributed by atoms with Crippen molar-refractivity contribution >= 4 is 22.4 Å². The lowest BCUT2D eigenvalue weighted by Crippen LogP contribution is -2.02. The van der Waals surface area contributed by atoms with Gasteiger partial charge in [-0.25, -0.2) is 4.98 Å². The number of allylic oxidation sites excluding steroid dienone is 4. The van der Waals surface area contributed by atoms with Crippen molar-refractivity contribution in [2.45, 2.75) is 6.92 Å². The molecule has 0 amide bonds. The van der Waals surface area contributed by atoms with Crippen LogP contribution in [0.5, 0.6) is 11.6 Å². The number of nitrogens with zero attached hydrogens (tertiary/aromatic N) is 2. The van der Waals surface area contributed by atoms with Crippen molar-refractivity contribution in [3.05, 3.63) is 85.2 Å². The highest BCUT2D eigenvalue weighted by Crippen LogP contribution is 2.32. The Morgan fingerprint density at radius 3 is 2.73 bits per heavy atom. The zero-order chi connectivity index (χ0) is 18.4. The van der Waals surface area contributed by atoms with E-state index in [1.54, 1.807) is 18.3 Å². The summed E-state index contributed by atoms with van der Waals surface area (Å²) in [5.74, 6) is 1.59. The zero-order valence-corrected chi connectivity index (χ0v) is 14.5. The van der Waals surface area contributed by atoms with E-state index >= 15 is 0 Å². The molecule has 0 atom stereocenters. The summed E-state index contributed by atoms with van der Waals surface area (Å²) in [5.41, 5.74) is 7.62. The zero-order valence-electron chi connectivity index (χ0n) is 14.5. The molecule has 5 heteroatoms. The second-order valence-corrected chi connectivity index (χ2v) is 5.48. The number of fused-ring (bicyclic) bond motifs is 1. The number of anilines is 2. The van der Waals surface area contributed by atoms with Gasteiger partial charge in [-0.05, 0) is 25.1 Å². The molecule has 5 nitrogen and oxygen atoms in total. The van der Waals surface area contributed by atoms with Gasteiger partial charge in [-0.2, -0.15) is 4.98 Å². The summed E-state index contributed by atoms with van der Waals surface area (Å²) in [4.78, 5) is 8.65. The summed E-state index contributed by atoms with van der Waals surface area (Å²) in [6, 6.07) is 13.2. The molecule has 0 fully saturated rings. The predicted molar refractivity (Wildman–Crippen MR) is 107 cm³/mol. The fourth-order valence-corrected chi connectivity index (χ4v) is 2.47. The highest BCUT2D eigenvalue weighted by Gasteiger charge is 2.08. The Balaban J connectivity index is 1.87. The van der Waals surface area contributed by atoms with Gasteiger partial charge in [0, 0.05) is 34.4 Å².